The summed E-state index contributed by atoms with van der Waals surface area (Å²) in [6, 6.07) is 17.2. The highest BCUT2D eigenvalue weighted by Gasteiger charge is 1.75. The summed E-state index contributed by atoms with van der Waals surface area (Å²) < 4.78 is 0.750. The second kappa shape index (κ2) is 5.77. The van der Waals surface area contributed by atoms with Gasteiger partial charge in [-0.25, -0.2) is 0 Å². The molecule has 2 rings (SSSR count). The molecule has 0 unspecified atom stereocenters. The monoisotopic (exact) mass is 173 g/mol. The molecule has 0 amide bonds. The number of rotatable bonds is 0. The van der Waals surface area contributed by atoms with Crippen LogP contribution in [0.5, 0.6) is 0 Å². The fourth-order valence-electron chi connectivity index (χ4n) is 0.768. The third-order valence-corrected chi connectivity index (χ3v) is 1.35. The van der Waals surface area contributed by atoms with Crippen molar-refractivity contribution in [3.63, 3.8) is 0 Å². The number of hydrogen-bond donors (Lipinski definition) is 0. The van der Waals surface area contributed by atoms with Gasteiger partial charge in [0.25, 0.3) is 0 Å². The molecule has 66 valence electrons. The Balaban J connectivity index is 0.000000132. The van der Waals surface area contributed by atoms with E-state index in [1.54, 1.807) is 18.2 Å². The van der Waals surface area contributed by atoms with Crippen molar-refractivity contribution in [3.8, 4) is 0 Å². The van der Waals surface area contributed by atoms with Gasteiger partial charge >= 0.3 is 0 Å². The lowest BCUT2D eigenvalue weighted by Crippen LogP contribution is -2.22. The zero-order valence-electron chi connectivity index (χ0n) is 7.21. The number of hydrogen-bond acceptors (Lipinski definition) is 1. The van der Waals surface area contributed by atoms with Gasteiger partial charge in [0, 0.05) is 12.1 Å². The molecule has 1 aromatic carbocycles. The predicted molar refractivity (Wildman–Crippen MR) is 51.8 cm³/mol. The van der Waals surface area contributed by atoms with Crippen LogP contribution in [0.1, 0.15) is 0 Å². The minimum absolute atomic E-state index is 0.750. The van der Waals surface area contributed by atoms with E-state index in [4.69, 9.17) is 0 Å². The minimum Gasteiger partial charge on any atom is -0.619 e. The smallest absolute Gasteiger partial charge is 0.180 e. The summed E-state index contributed by atoms with van der Waals surface area (Å²) in [4.78, 5) is 0. The number of pyridine rings is 1. The largest absolute Gasteiger partial charge is 0.619 e. The topological polar surface area (TPSA) is 26.9 Å². The van der Waals surface area contributed by atoms with Crippen molar-refractivity contribution in [1.82, 2.24) is 0 Å². The van der Waals surface area contributed by atoms with Gasteiger partial charge in [-0.15, -0.1) is 0 Å². The summed E-state index contributed by atoms with van der Waals surface area (Å²) in [5.74, 6) is 0. The molecule has 0 fully saturated rings. The maximum absolute atomic E-state index is 10.2. The highest BCUT2D eigenvalue weighted by molar-refractivity contribution is 4.99. The Hall–Kier alpha value is -1.83. The molecular weight excluding hydrogens is 162 g/mol. The zero-order valence-corrected chi connectivity index (χ0v) is 7.21. The van der Waals surface area contributed by atoms with Crippen LogP contribution in [-0.2, 0) is 0 Å². The number of aromatic nitrogens is 1. The number of benzene rings is 1. The highest BCUT2D eigenvalue weighted by atomic mass is 16.5. The lowest BCUT2D eigenvalue weighted by Gasteiger charge is -1.88. The molecule has 0 N–H and O–H groups in total. The molecule has 2 heteroatoms. The van der Waals surface area contributed by atoms with Crippen LogP contribution in [0.4, 0.5) is 0 Å². The molecule has 0 radical (unpaired) electrons. The summed E-state index contributed by atoms with van der Waals surface area (Å²) in [6.07, 6.45) is 2.89. The lowest BCUT2D eigenvalue weighted by atomic mass is 10.4. The van der Waals surface area contributed by atoms with Crippen LogP contribution < -0.4 is 4.73 Å². The van der Waals surface area contributed by atoms with E-state index < -0.39 is 0 Å². The molecule has 2 nitrogen and oxygen atoms in total. The van der Waals surface area contributed by atoms with Gasteiger partial charge in [-0.05, 0) is 0 Å². The van der Waals surface area contributed by atoms with Crippen LogP contribution in [0, 0.1) is 5.21 Å². The van der Waals surface area contributed by atoms with Crippen LogP contribution in [0.25, 0.3) is 0 Å². The molecule has 1 aromatic heterocycles. The van der Waals surface area contributed by atoms with Crippen LogP contribution in [0.2, 0.25) is 0 Å². The maximum atomic E-state index is 10.2. The Kier molecular flexibility index (Phi) is 4.11. The molecule has 0 saturated carbocycles. The fraction of sp³-hybridized carbons (Fsp3) is 0. The molecule has 0 aliphatic rings. The average Bonchev–Trinajstić information content (AvgIpc) is 2.22. The fourth-order valence-corrected chi connectivity index (χ4v) is 0.768. The second-order valence-corrected chi connectivity index (χ2v) is 2.39. The minimum atomic E-state index is 0.750. The summed E-state index contributed by atoms with van der Waals surface area (Å²) in [7, 11) is 0. The second-order valence-electron chi connectivity index (χ2n) is 2.39. The molecule has 0 aliphatic carbocycles. The van der Waals surface area contributed by atoms with Crippen molar-refractivity contribution in [1.29, 1.82) is 0 Å². The van der Waals surface area contributed by atoms with E-state index in [1.165, 1.54) is 12.4 Å². The Morgan fingerprint density at radius 1 is 0.538 bits per heavy atom. The van der Waals surface area contributed by atoms with Gasteiger partial charge < -0.3 is 5.21 Å². The average molecular weight is 173 g/mol. The van der Waals surface area contributed by atoms with Gasteiger partial charge in [0.1, 0.15) is 0 Å². The molecule has 0 saturated heterocycles. The zero-order chi connectivity index (χ0) is 9.36. The maximum Gasteiger partial charge on any atom is 0.180 e. The summed E-state index contributed by atoms with van der Waals surface area (Å²) >= 11 is 0. The van der Waals surface area contributed by atoms with E-state index in [0.717, 1.165) is 4.73 Å². The Labute approximate surface area is 77.7 Å². The van der Waals surface area contributed by atoms with Gasteiger partial charge in [0.05, 0.1) is 0 Å². The molecule has 13 heavy (non-hydrogen) atoms. The van der Waals surface area contributed by atoms with Crippen molar-refractivity contribution in [3.05, 3.63) is 72.2 Å². The summed E-state index contributed by atoms with van der Waals surface area (Å²) in [5, 5.41) is 10.2. The van der Waals surface area contributed by atoms with Gasteiger partial charge in [-0.3, -0.25) is 0 Å². The van der Waals surface area contributed by atoms with E-state index in [0.29, 0.717) is 0 Å². The van der Waals surface area contributed by atoms with Crippen LogP contribution >= 0.6 is 0 Å². The van der Waals surface area contributed by atoms with Crippen molar-refractivity contribution in [2.45, 2.75) is 0 Å². The first-order valence-electron chi connectivity index (χ1n) is 4.03. The highest BCUT2D eigenvalue weighted by Crippen LogP contribution is 1.79. The SMILES string of the molecule is [O-][n+]1ccccc1.c1ccccc1. The molecule has 2 aromatic rings. The first kappa shape index (κ1) is 9.26. The Morgan fingerprint density at radius 2 is 0.846 bits per heavy atom. The van der Waals surface area contributed by atoms with Crippen molar-refractivity contribution >= 4 is 0 Å². The van der Waals surface area contributed by atoms with Gasteiger partial charge in [0.15, 0.2) is 12.4 Å². The lowest BCUT2D eigenvalue weighted by molar-refractivity contribution is -0.605. The normalized spacial score (nSPS) is 8.31. The molecule has 1 heterocycles. The third-order valence-electron chi connectivity index (χ3n) is 1.35. The first-order chi connectivity index (χ1) is 6.39. The van der Waals surface area contributed by atoms with Crippen molar-refractivity contribution < 1.29 is 4.73 Å². The standard InChI is InChI=1S/C6H6.C5H5NO/c1-2-4-6-5-3-1;7-6-4-2-1-3-5-6/h1-6H;1-5H. The predicted octanol–water partition coefficient (Wildman–Crippen LogP) is 2.01. The van der Waals surface area contributed by atoms with Gasteiger partial charge in [0.2, 0.25) is 0 Å². The van der Waals surface area contributed by atoms with E-state index in [2.05, 4.69) is 0 Å². The van der Waals surface area contributed by atoms with Crippen LogP contribution in [-0.4, -0.2) is 0 Å². The molecule has 0 spiro atoms. The first-order valence-corrected chi connectivity index (χ1v) is 4.03. The molecule has 0 atom stereocenters. The number of nitrogens with zero attached hydrogens (tertiary/aromatic N) is 1. The van der Waals surface area contributed by atoms with Gasteiger partial charge in [-0.1, -0.05) is 42.5 Å². The van der Waals surface area contributed by atoms with E-state index in [9.17, 15) is 5.21 Å². The van der Waals surface area contributed by atoms with E-state index >= 15 is 0 Å². The van der Waals surface area contributed by atoms with Crippen molar-refractivity contribution in [2.75, 3.05) is 0 Å². The molecule has 0 bridgehead atoms. The Morgan fingerprint density at radius 3 is 1.08 bits per heavy atom. The van der Waals surface area contributed by atoms with Crippen LogP contribution in [0.3, 0.4) is 0 Å². The molecule has 0 aliphatic heterocycles. The summed E-state index contributed by atoms with van der Waals surface area (Å²) in [6.45, 7) is 0. The Bertz CT molecular complexity index is 281. The summed E-state index contributed by atoms with van der Waals surface area (Å²) in [5.41, 5.74) is 0. The third kappa shape index (κ3) is 4.58. The van der Waals surface area contributed by atoms with Gasteiger partial charge in [-0.2, -0.15) is 4.73 Å². The van der Waals surface area contributed by atoms with E-state index in [-0.39, 0.29) is 0 Å². The quantitative estimate of drug-likeness (QED) is 0.442. The van der Waals surface area contributed by atoms with Crippen molar-refractivity contribution in [2.24, 2.45) is 0 Å². The molecular formula is C11H11NO. The van der Waals surface area contributed by atoms with Crippen LogP contribution in [0.15, 0.2) is 67.0 Å². The van der Waals surface area contributed by atoms with E-state index in [1.807, 2.05) is 36.4 Å².